The summed E-state index contributed by atoms with van der Waals surface area (Å²) in [6.45, 7) is 4.37. The molecular weight excluding hydrogens is 398 g/mol. The number of rotatable bonds is 12. The molecule has 9 nitrogen and oxygen atoms in total. The van der Waals surface area contributed by atoms with Gasteiger partial charge in [0.15, 0.2) is 11.6 Å². The zero-order valence-corrected chi connectivity index (χ0v) is 18.4. The Morgan fingerprint density at radius 1 is 1.00 bits per heavy atom. The summed E-state index contributed by atoms with van der Waals surface area (Å²) in [5.74, 6) is 2.80. The normalized spacial score (nSPS) is 12.0. The van der Waals surface area contributed by atoms with E-state index in [4.69, 9.17) is 18.9 Å². The van der Waals surface area contributed by atoms with E-state index in [0.717, 1.165) is 22.8 Å². The van der Waals surface area contributed by atoms with Crippen molar-refractivity contribution in [1.29, 1.82) is 0 Å². The highest BCUT2D eigenvalue weighted by Crippen LogP contribution is 2.25. The number of ether oxygens (including phenoxy) is 4. The van der Waals surface area contributed by atoms with Gasteiger partial charge < -0.3 is 24.3 Å². The third-order valence-corrected chi connectivity index (χ3v) is 4.54. The van der Waals surface area contributed by atoms with Gasteiger partial charge in [-0.3, -0.25) is 4.57 Å². The monoisotopic (exact) mass is 427 g/mol. The molecule has 1 aromatic carbocycles. The Morgan fingerprint density at radius 2 is 1.81 bits per heavy atom. The molecule has 0 aliphatic carbocycles. The zero-order chi connectivity index (χ0) is 22.1. The van der Waals surface area contributed by atoms with Crippen LogP contribution in [-0.4, -0.2) is 66.9 Å². The summed E-state index contributed by atoms with van der Waals surface area (Å²) in [5, 5.41) is 12.2. The van der Waals surface area contributed by atoms with Crippen LogP contribution in [0.4, 0.5) is 0 Å². The van der Waals surface area contributed by atoms with Gasteiger partial charge >= 0.3 is 0 Å². The Labute approximate surface area is 182 Å². The Hall–Kier alpha value is -3.01. The summed E-state index contributed by atoms with van der Waals surface area (Å²) in [5.41, 5.74) is 1.76. The maximum atomic E-state index is 5.85. The molecule has 9 heteroatoms. The van der Waals surface area contributed by atoms with Gasteiger partial charge in [0.05, 0.1) is 38.8 Å². The van der Waals surface area contributed by atoms with Crippen LogP contribution >= 0.6 is 0 Å². The van der Waals surface area contributed by atoms with Crippen molar-refractivity contribution in [1.82, 2.24) is 25.1 Å². The highest BCUT2D eigenvalue weighted by molar-refractivity contribution is 5.59. The van der Waals surface area contributed by atoms with Gasteiger partial charge in [-0.1, -0.05) is 0 Å². The molecule has 3 aromatic rings. The molecule has 0 spiro atoms. The Kier molecular flexibility index (Phi) is 8.34. The molecule has 0 radical (unpaired) electrons. The summed E-state index contributed by atoms with van der Waals surface area (Å²) >= 11 is 0. The number of methoxy groups -OCH3 is 3. The maximum absolute atomic E-state index is 5.85. The first-order chi connectivity index (χ1) is 15.2. The van der Waals surface area contributed by atoms with Crippen LogP contribution in [0.3, 0.4) is 0 Å². The van der Waals surface area contributed by atoms with E-state index >= 15 is 0 Å². The largest absolute Gasteiger partial charge is 0.488 e. The molecule has 2 heterocycles. The van der Waals surface area contributed by atoms with Crippen LogP contribution in [0.15, 0.2) is 42.6 Å². The predicted molar refractivity (Wildman–Crippen MR) is 117 cm³/mol. The molecule has 2 aromatic heterocycles. The van der Waals surface area contributed by atoms with E-state index in [9.17, 15) is 0 Å². The topological polar surface area (TPSA) is 92.6 Å². The highest BCUT2D eigenvalue weighted by Gasteiger charge is 2.16. The minimum absolute atomic E-state index is 0.0327. The molecule has 1 N–H and O–H groups in total. The average Bonchev–Trinajstić information content (AvgIpc) is 3.21. The van der Waals surface area contributed by atoms with E-state index in [1.165, 1.54) is 0 Å². The molecule has 166 valence electrons. The van der Waals surface area contributed by atoms with E-state index in [1.807, 2.05) is 47.9 Å². The van der Waals surface area contributed by atoms with Crippen molar-refractivity contribution in [3.05, 3.63) is 48.4 Å². The fourth-order valence-electron chi connectivity index (χ4n) is 3.07. The number of nitrogens with zero attached hydrogens (tertiary/aromatic N) is 4. The predicted octanol–water partition coefficient (Wildman–Crippen LogP) is 2.49. The molecule has 0 aliphatic heterocycles. The second kappa shape index (κ2) is 11.4. The number of pyridine rings is 1. The van der Waals surface area contributed by atoms with E-state index in [0.29, 0.717) is 38.0 Å². The summed E-state index contributed by atoms with van der Waals surface area (Å²) in [4.78, 5) is 4.33. The fraction of sp³-hybridized carbons (Fsp3) is 0.409. The van der Waals surface area contributed by atoms with Crippen molar-refractivity contribution in [3.63, 3.8) is 0 Å². The van der Waals surface area contributed by atoms with Crippen molar-refractivity contribution < 1.29 is 18.9 Å². The van der Waals surface area contributed by atoms with E-state index in [-0.39, 0.29) is 6.10 Å². The molecule has 0 aliphatic rings. The van der Waals surface area contributed by atoms with Crippen LogP contribution in [0.5, 0.6) is 11.6 Å². The summed E-state index contributed by atoms with van der Waals surface area (Å²) < 4.78 is 23.2. The van der Waals surface area contributed by atoms with Gasteiger partial charge in [0.1, 0.15) is 11.9 Å². The first-order valence-electron chi connectivity index (χ1n) is 10.1. The Bertz CT molecular complexity index is 928. The smallest absolute Gasteiger partial charge is 0.213 e. The van der Waals surface area contributed by atoms with Gasteiger partial charge in [0, 0.05) is 32.4 Å². The number of benzene rings is 1. The maximum Gasteiger partial charge on any atom is 0.213 e. The van der Waals surface area contributed by atoms with Gasteiger partial charge in [-0.05, 0) is 37.3 Å². The van der Waals surface area contributed by atoms with Crippen molar-refractivity contribution in [3.8, 4) is 28.7 Å². The minimum Gasteiger partial charge on any atom is -0.488 e. The molecule has 31 heavy (non-hydrogen) atoms. The first-order valence-corrected chi connectivity index (χ1v) is 10.1. The number of aromatic nitrogens is 4. The van der Waals surface area contributed by atoms with Gasteiger partial charge in [-0.15, -0.1) is 10.2 Å². The summed E-state index contributed by atoms with van der Waals surface area (Å²) in [7, 11) is 4.93. The van der Waals surface area contributed by atoms with E-state index < -0.39 is 0 Å². The lowest BCUT2D eigenvalue weighted by atomic mass is 10.2. The Balaban J connectivity index is 1.89. The number of hydrogen-bond acceptors (Lipinski definition) is 8. The van der Waals surface area contributed by atoms with Crippen molar-refractivity contribution in [2.75, 3.05) is 41.1 Å². The first kappa shape index (κ1) is 22.7. The molecule has 0 amide bonds. The van der Waals surface area contributed by atoms with Gasteiger partial charge in [-0.25, -0.2) is 4.98 Å². The van der Waals surface area contributed by atoms with Crippen LogP contribution in [0.1, 0.15) is 12.7 Å². The molecule has 0 fully saturated rings. The Morgan fingerprint density at radius 3 is 2.45 bits per heavy atom. The SMILES string of the molecule is COCCNCc1nnc(-c2ccc(O[C@H](C)COC)cc2)n1-c1ccc(OC)nc1. The fourth-order valence-corrected chi connectivity index (χ4v) is 3.07. The lowest BCUT2D eigenvalue weighted by molar-refractivity contribution is 0.0921. The average molecular weight is 428 g/mol. The van der Waals surface area contributed by atoms with Crippen LogP contribution < -0.4 is 14.8 Å². The molecule has 0 unspecified atom stereocenters. The molecule has 0 saturated heterocycles. The molecule has 1 atom stereocenters. The second-order valence-electron chi connectivity index (χ2n) is 6.91. The van der Waals surface area contributed by atoms with Gasteiger partial charge in [0.25, 0.3) is 0 Å². The number of hydrogen-bond donors (Lipinski definition) is 1. The quantitative estimate of drug-likeness (QED) is 0.441. The van der Waals surface area contributed by atoms with Gasteiger partial charge in [0.2, 0.25) is 5.88 Å². The standard InChI is InChI=1S/C22H29N5O4/c1-16(15-29-3)31-19-8-5-17(6-9-19)22-26-25-20(14-23-11-12-28-2)27(22)18-7-10-21(30-4)24-13-18/h5-10,13,16,23H,11-12,14-15H2,1-4H3/t16-/m1/s1. The van der Waals surface area contributed by atoms with Crippen molar-refractivity contribution >= 4 is 0 Å². The zero-order valence-electron chi connectivity index (χ0n) is 18.4. The van der Waals surface area contributed by atoms with Crippen molar-refractivity contribution in [2.24, 2.45) is 0 Å². The summed E-state index contributed by atoms with van der Waals surface area (Å²) in [6, 6.07) is 11.5. The molecule has 0 bridgehead atoms. The number of nitrogens with one attached hydrogen (secondary N) is 1. The molecular formula is C22H29N5O4. The van der Waals surface area contributed by atoms with Crippen LogP contribution in [0.25, 0.3) is 17.1 Å². The van der Waals surface area contributed by atoms with Crippen LogP contribution in [-0.2, 0) is 16.0 Å². The van der Waals surface area contributed by atoms with Gasteiger partial charge in [-0.2, -0.15) is 0 Å². The summed E-state index contributed by atoms with van der Waals surface area (Å²) in [6.07, 6.45) is 1.71. The van der Waals surface area contributed by atoms with Crippen molar-refractivity contribution in [2.45, 2.75) is 19.6 Å². The third-order valence-electron chi connectivity index (χ3n) is 4.54. The van der Waals surface area contributed by atoms with Crippen LogP contribution in [0, 0.1) is 0 Å². The highest BCUT2D eigenvalue weighted by atomic mass is 16.5. The molecule has 3 rings (SSSR count). The van der Waals surface area contributed by atoms with E-state index in [2.05, 4.69) is 20.5 Å². The molecule has 0 saturated carbocycles. The minimum atomic E-state index is -0.0327. The third kappa shape index (κ3) is 6.00. The lowest BCUT2D eigenvalue weighted by Gasteiger charge is -2.14. The van der Waals surface area contributed by atoms with Crippen LogP contribution in [0.2, 0.25) is 0 Å². The van der Waals surface area contributed by atoms with E-state index in [1.54, 1.807) is 27.5 Å². The second-order valence-corrected chi connectivity index (χ2v) is 6.91. The lowest BCUT2D eigenvalue weighted by Crippen LogP contribution is -2.21.